The Morgan fingerprint density at radius 2 is 1.30 bits per heavy atom. The van der Waals surface area contributed by atoms with Gasteiger partial charge in [0.05, 0.1) is 6.04 Å². The van der Waals surface area contributed by atoms with Gasteiger partial charge >= 0.3 is 0 Å². The van der Waals surface area contributed by atoms with Crippen LogP contribution in [0.3, 0.4) is 0 Å². The number of hydrogen-bond donors (Lipinski definition) is 3. The highest BCUT2D eigenvalue weighted by molar-refractivity contribution is 5.50. The lowest BCUT2D eigenvalue weighted by atomic mass is 9.97. The second kappa shape index (κ2) is 5.45. The third kappa shape index (κ3) is 2.72. The third-order valence-corrected chi connectivity index (χ3v) is 3.74. The summed E-state index contributed by atoms with van der Waals surface area (Å²) in [6.45, 7) is 4.28. The molecule has 0 radical (unpaired) electrons. The Bertz CT molecular complexity index is 561. The van der Waals surface area contributed by atoms with Gasteiger partial charge in [-0.15, -0.1) is 0 Å². The van der Waals surface area contributed by atoms with E-state index in [0.717, 1.165) is 0 Å². The number of hydrogen-bond acceptors (Lipinski definition) is 3. The van der Waals surface area contributed by atoms with Crippen molar-refractivity contribution in [2.24, 2.45) is 0 Å². The molecule has 3 unspecified atom stereocenters. The largest absolute Gasteiger partial charge is 0.385 e. The number of dihydropyridines is 3. The summed E-state index contributed by atoms with van der Waals surface area (Å²) in [5.41, 5.74) is 3.68. The molecule has 104 valence electrons. The first kappa shape index (κ1) is 12.9. The molecule has 0 aromatic carbocycles. The Hall–Kier alpha value is -2.16. The van der Waals surface area contributed by atoms with E-state index in [-0.39, 0.29) is 6.04 Å². The molecular weight excluding hydrogens is 246 g/mol. The summed E-state index contributed by atoms with van der Waals surface area (Å²) >= 11 is 0. The molecule has 3 aliphatic heterocycles. The van der Waals surface area contributed by atoms with Crippen LogP contribution in [0.4, 0.5) is 0 Å². The van der Waals surface area contributed by atoms with Crippen molar-refractivity contribution in [3.05, 3.63) is 71.8 Å². The summed E-state index contributed by atoms with van der Waals surface area (Å²) in [5.74, 6) is 0. The lowest BCUT2D eigenvalue weighted by Crippen LogP contribution is -2.31. The highest BCUT2D eigenvalue weighted by atomic mass is 14.9. The highest BCUT2D eigenvalue weighted by Crippen LogP contribution is 2.20. The monoisotopic (exact) mass is 267 g/mol. The van der Waals surface area contributed by atoms with E-state index in [9.17, 15) is 0 Å². The molecule has 0 aromatic rings. The molecule has 0 bridgehead atoms. The lowest BCUT2D eigenvalue weighted by molar-refractivity contribution is 0.717. The molecule has 0 aliphatic carbocycles. The van der Waals surface area contributed by atoms with E-state index in [1.165, 1.54) is 16.7 Å². The first-order valence-corrected chi connectivity index (χ1v) is 7.16. The quantitative estimate of drug-likeness (QED) is 0.718. The van der Waals surface area contributed by atoms with Crippen LogP contribution < -0.4 is 16.0 Å². The molecule has 3 nitrogen and oxygen atoms in total. The van der Waals surface area contributed by atoms with Crippen molar-refractivity contribution in [2.45, 2.75) is 32.0 Å². The van der Waals surface area contributed by atoms with E-state index in [1.54, 1.807) is 0 Å². The van der Waals surface area contributed by atoms with Crippen molar-refractivity contribution in [1.82, 2.24) is 16.0 Å². The molecule has 0 spiro atoms. The predicted octanol–water partition coefficient (Wildman–Crippen LogP) is 2.26. The zero-order valence-electron chi connectivity index (χ0n) is 11.9. The van der Waals surface area contributed by atoms with Gasteiger partial charge in [-0.25, -0.2) is 0 Å². The molecule has 0 aromatic heterocycles. The summed E-state index contributed by atoms with van der Waals surface area (Å²) in [7, 11) is 0. The maximum Gasteiger partial charge on any atom is 0.0710 e. The lowest BCUT2D eigenvalue weighted by Gasteiger charge is -2.24. The summed E-state index contributed by atoms with van der Waals surface area (Å²) in [4.78, 5) is 0. The maximum atomic E-state index is 3.45. The molecule has 3 atom stereocenters. The van der Waals surface area contributed by atoms with E-state index in [1.807, 2.05) is 0 Å². The van der Waals surface area contributed by atoms with Crippen LogP contribution in [-0.4, -0.2) is 18.1 Å². The average molecular weight is 267 g/mol. The smallest absolute Gasteiger partial charge is 0.0710 e. The van der Waals surface area contributed by atoms with E-state index < -0.39 is 0 Å². The number of allylic oxidation sites excluding steroid dienone is 4. The van der Waals surface area contributed by atoms with Crippen molar-refractivity contribution in [3.63, 3.8) is 0 Å². The van der Waals surface area contributed by atoms with Crippen molar-refractivity contribution in [3.8, 4) is 0 Å². The van der Waals surface area contributed by atoms with E-state index >= 15 is 0 Å². The van der Waals surface area contributed by atoms with Crippen molar-refractivity contribution >= 4 is 0 Å². The van der Waals surface area contributed by atoms with Crippen LogP contribution >= 0.6 is 0 Å². The summed E-state index contributed by atoms with van der Waals surface area (Å²) < 4.78 is 0. The van der Waals surface area contributed by atoms with Crippen molar-refractivity contribution in [1.29, 1.82) is 0 Å². The second-order valence-electron chi connectivity index (χ2n) is 5.48. The zero-order valence-corrected chi connectivity index (χ0v) is 11.9. The van der Waals surface area contributed by atoms with Crippen LogP contribution in [0.1, 0.15) is 13.8 Å². The summed E-state index contributed by atoms with van der Waals surface area (Å²) in [6.07, 6.45) is 19.4. The van der Waals surface area contributed by atoms with Gasteiger partial charge in [-0.2, -0.15) is 0 Å². The number of rotatable bonds is 2. The first-order chi connectivity index (χ1) is 9.72. The first-order valence-electron chi connectivity index (χ1n) is 7.16. The summed E-state index contributed by atoms with van der Waals surface area (Å²) in [5, 5.41) is 10.1. The van der Waals surface area contributed by atoms with E-state index in [2.05, 4.69) is 84.9 Å². The Kier molecular flexibility index (Phi) is 3.50. The fraction of sp³-hybridized carbons (Fsp3) is 0.294. The predicted molar refractivity (Wildman–Crippen MR) is 83.8 cm³/mol. The zero-order chi connectivity index (χ0) is 13.9. The van der Waals surface area contributed by atoms with Crippen LogP contribution in [0.15, 0.2) is 71.8 Å². The minimum atomic E-state index is 0.245. The van der Waals surface area contributed by atoms with Gasteiger partial charge < -0.3 is 16.0 Å². The van der Waals surface area contributed by atoms with E-state index in [4.69, 9.17) is 0 Å². The molecule has 3 aliphatic rings. The fourth-order valence-corrected chi connectivity index (χ4v) is 2.40. The molecule has 0 fully saturated rings. The van der Waals surface area contributed by atoms with Gasteiger partial charge in [0.1, 0.15) is 0 Å². The SMILES string of the molecule is CC1C=CC(C2=CNC(C3=CNC(C)C=C3)C=C2)=CN1. The molecule has 0 saturated carbocycles. The molecule has 3 heteroatoms. The van der Waals surface area contributed by atoms with Gasteiger partial charge in [0, 0.05) is 30.7 Å². The van der Waals surface area contributed by atoms with Crippen molar-refractivity contribution in [2.75, 3.05) is 0 Å². The van der Waals surface area contributed by atoms with Crippen LogP contribution in [0.5, 0.6) is 0 Å². The topological polar surface area (TPSA) is 36.1 Å². The Morgan fingerprint density at radius 1 is 0.700 bits per heavy atom. The normalized spacial score (nSPS) is 31.5. The van der Waals surface area contributed by atoms with Gasteiger partial charge in [-0.1, -0.05) is 36.5 Å². The second-order valence-corrected chi connectivity index (χ2v) is 5.48. The van der Waals surface area contributed by atoms with E-state index in [0.29, 0.717) is 12.1 Å². The van der Waals surface area contributed by atoms with Crippen LogP contribution in [0.2, 0.25) is 0 Å². The third-order valence-electron chi connectivity index (χ3n) is 3.74. The maximum absolute atomic E-state index is 3.45. The van der Waals surface area contributed by atoms with Crippen molar-refractivity contribution < 1.29 is 0 Å². The molecule has 3 heterocycles. The minimum absolute atomic E-state index is 0.245. The minimum Gasteiger partial charge on any atom is -0.385 e. The van der Waals surface area contributed by atoms with Crippen LogP contribution in [0, 0.1) is 0 Å². The van der Waals surface area contributed by atoms with Gasteiger partial charge in [-0.05, 0) is 30.6 Å². The Morgan fingerprint density at radius 3 is 1.80 bits per heavy atom. The molecule has 20 heavy (non-hydrogen) atoms. The molecular formula is C17H21N3. The summed E-state index contributed by atoms with van der Waals surface area (Å²) in [6, 6.07) is 1.08. The Balaban J connectivity index is 1.66. The van der Waals surface area contributed by atoms with Gasteiger partial charge in [0.2, 0.25) is 0 Å². The number of nitrogens with one attached hydrogen (secondary N) is 3. The Labute approximate surface area is 120 Å². The van der Waals surface area contributed by atoms with Crippen LogP contribution in [-0.2, 0) is 0 Å². The molecule has 3 N–H and O–H groups in total. The molecule has 0 amide bonds. The molecule has 3 rings (SSSR count). The highest BCUT2D eigenvalue weighted by Gasteiger charge is 2.15. The average Bonchev–Trinajstić information content (AvgIpc) is 2.49. The van der Waals surface area contributed by atoms with Crippen LogP contribution in [0.25, 0.3) is 0 Å². The van der Waals surface area contributed by atoms with Gasteiger partial charge in [0.15, 0.2) is 0 Å². The van der Waals surface area contributed by atoms with Gasteiger partial charge in [0.25, 0.3) is 0 Å². The molecule has 0 saturated heterocycles. The van der Waals surface area contributed by atoms with Gasteiger partial charge in [-0.3, -0.25) is 0 Å². The fourth-order valence-electron chi connectivity index (χ4n) is 2.40. The standard InChI is InChI=1S/C17H21N3/c1-12-3-5-14(9-18-12)15-7-8-17(20-10-15)16-6-4-13(2)19-11-16/h3-13,17-20H,1-2H3.